The van der Waals surface area contributed by atoms with Gasteiger partial charge in [0.25, 0.3) is 11.5 Å². The van der Waals surface area contributed by atoms with Crippen molar-refractivity contribution in [3.05, 3.63) is 123 Å². The Balaban J connectivity index is 1.39. The summed E-state index contributed by atoms with van der Waals surface area (Å²) in [5, 5.41) is 7.15. The molecule has 0 radical (unpaired) electrons. The number of rotatable bonds is 8. The number of benzene rings is 3. The number of carbonyl (C=O) groups excluding carboxylic acids is 1. The van der Waals surface area contributed by atoms with Gasteiger partial charge in [-0.1, -0.05) is 42.0 Å². The standard InChI is InChI=1S/C27H24FN3O3/c1-19-4-2-5-20(16-19)14-15-29-27(33)22-8-10-24(11-9-22)31-26(32)13-12-25(30-31)34-18-21-6-3-7-23(28)17-21/h2-13,16-17H,14-15,18H2,1H3,(H,29,33). The van der Waals surface area contributed by atoms with E-state index in [0.717, 1.165) is 6.42 Å². The number of nitrogens with zero attached hydrogens (tertiary/aromatic N) is 2. The lowest BCUT2D eigenvalue weighted by Crippen LogP contribution is -2.26. The first-order chi connectivity index (χ1) is 16.5. The highest BCUT2D eigenvalue weighted by molar-refractivity contribution is 5.94. The van der Waals surface area contributed by atoms with Crippen LogP contribution in [-0.4, -0.2) is 22.2 Å². The highest BCUT2D eigenvalue weighted by atomic mass is 19.1. The molecular weight excluding hydrogens is 433 g/mol. The Kier molecular flexibility index (Phi) is 7.13. The van der Waals surface area contributed by atoms with Crippen LogP contribution in [0.1, 0.15) is 27.0 Å². The average molecular weight is 458 g/mol. The summed E-state index contributed by atoms with van der Waals surface area (Å²) in [6, 6.07) is 23.7. The van der Waals surface area contributed by atoms with Gasteiger partial charge in [0.05, 0.1) is 5.69 Å². The fraction of sp³-hybridized carbons (Fsp3) is 0.148. The van der Waals surface area contributed by atoms with Gasteiger partial charge in [-0.25, -0.2) is 4.39 Å². The number of amides is 1. The molecule has 0 saturated carbocycles. The predicted molar refractivity (Wildman–Crippen MR) is 128 cm³/mol. The van der Waals surface area contributed by atoms with Gasteiger partial charge in [-0.05, 0) is 60.9 Å². The molecule has 1 N–H and O–H groups in total. The number of hydrogen-bond donors (Lipinski definition) is 1. The van der Waals surface area contributed by atoms with Crippen LogP contribution in [0, 0.1) is 12.7 Å². The number of aromatic nitrogens is 2. The van der Waals surface area contributed by atoms with Gasteiger partial charge in [-0.2, -0.15) is 4.68 Å². The van der Waals surface area contributed by atoms with Gasteiger partial charge in [0.1, 0.15) is 12.4 Å². The van der Waals surface area contributed by atoms with Gasteiger partial charge in [0.15, 0.2) is 0 Å². The Morgan fingerprint density at radius 2 is 1.74 bits per heavy atom. The lowest BCUT2D eigenvalue weighted by Gasteiger charge is -2.10. The van der Waals surface area contributed by atoms with Gasteiger partial charge in [0, 0.05) is 24.2 Å². The number of ether oxygens (including phenoxy) is 1. The maximum Gasteiger partial charge on any atom is 0.271 e. The molecule has 4 aromatic rings. The summed E-state index contributed by atoms with van der Waals surface area (Å²) in [5.41, 5.74) is 3.65. The molecule has 1 aromatic heterocycles. The zero-order chi connectivity index (χ0) is 23.9. The molecule has 7 heteroatoms. The first-order valence-corrected chi connectivity index (χ1v) is 10.9. The largest absolute Gasteiger partial charge is 0.472 e. The van der Waals surface area contributed by atoms with E-state index < -0.39 is 0 Å². The van der Waals surface area contributed by atoms with E-state index in [2.05, 4.69) is 16.5 Å². The molecule has 0 aliphatic rings. The third kappa shape index (κ3) is 5.95. The fourth-order valence-corrected chi connectivity index (χ4v) is 3.48. The summed E-state index contributed by atoms with van der Waals surface area (Å²) in [6.07, 6.45) is 0.743. The summed E-state index contributed by atoms with van der Waals surface area (Å²) in [6.45, 7) is 2.68. The van der Waals surface area contributed by atoms with Crippen molar-refractivity contribution in [3.63, 3.8) is 0 Å². The Morgan fingerprint density at radius 3 is 2.50 bits per heavy atom. The molecule has 1 amide bonds. The zero-order valence-corrected chi connectivity index (χ0v) is 18.7. The first kappa shape index (κ1) is 22.9. The number of nitrogens with one attached hydrogen (secondary N) is 1. The average Bonchev–Trinajstić information content (AvgIpc) is 2.84. The van der Waals surface area contributed by atoms with E-state index in [1.165, 1.54) is 40.1 Å². The quantitative estimate of drug-likeness (QED) is 0.430. The van der Waals surface area contributed by atoms with Gasteiger partial charge in [0.2, 0.25) is 5.88 Å². The highest BCUT2D eigenvalue weighted by Gasteiger charge is 2.09. The molecule has 3 aromatic carbocycles. The molecule has 6 nitrogen and oxygen atoms in total. The van der Waals surface area contributed by atoms with Crippen LogP contribution in [0.25, 0.3) is 5.69 Å². The maximum absolute atomic E-state index is 13.3. The lowest BCUT2D eigenvalue weighted by atomic mass is 10.1. The van der Waals surface area contributed by atoms with Crippen LogP contribution in [0.2, 0.25) is 0 Å². The topological polar surface area (TPSA) is 73.2 Å². The van der Waals surface area contributed by atoms with Crippen molar-refractivity contribution in [2.75, 3.05) is 6.54 Å². The van der Waals surface area contributed by atoms with Crippen LogP contribution in [0.5, 0.6) is 5.88 Å². The van der Waals surface area contributed by atoms with E-state index in [4.69, 9.17) is 4.74 Å². The van der Waals surface area contributed by atoms with Gasteiger partial charge < -0.3 is 10.1 Å². The van der Waals surface area contributed by atoms with Gasteiger partial charge in [-0.3, -0.25) is 9.59 Å². The summed E-state index contributed by atoms with van der Waals surface area (Å²) in [4.78, 5) is 24.8. The molecule has 0 saturated heterocycles. The molecule has 1 heterocycles. The minimum Gasteiger partial charge on any atom is -0.472 e. The summed E-state index contributed by atoms with van der Waals surface area (Å²) >= 11 is 0. The third-order valence-corrected chi connectivity index (χ3v) is 5.21. The minimum atomic E-state index is -0.349. The van der Waals surface area contributed by atoms with Crippen LogP contribution in [0.4, 0.5) is 4.39 Å². The predicted octanol–water partition coefficient (Wildman–Crippen LogP) is 4.23. The van der Waals surface area contributed by atoms with E-state index in [9.17, 15) is 14.0 Å². The first-order valence-electron chi connectivity index (χ1n) is 10.9. The monoisotopic (exact) mass is 457 g/mol. The molecule has 0 bridgehead atoms. The van der Waals surface area contributed by atoms with Crippen molar-refractivity contribution in [2.24, 2.45) is 0 Å². The number of carbonyl (C=O) groups is 1. The second kappa shape index (κ2) is 10.6. The summed E-state index contributed by atoms with van der Waals surface area (Å²) in [7, 11) is 0. The number of hydrogen-bond acceptors (Lipinski definition) is 4. The van der Waals surface area contributed by atoms with E-state index in [1.54, 1.807) is 36.4 Å². The van der Waals surface area contributed by atoms with E-state index >= 15 is 0 Å². The smallest absolute Gasteiger partial charge is 0.271 e. The van der Waals surface area contributed by atoms with Crippen molar-refractivity contribution < 1.29 is 13.9 Å². The van der Waals surface area contributed by atoms with Crippen LogP contribution >= 0.6 is 0 Å². The molecular formula is C27H24FN3O3. The highest BCUT2D eigenvalue weighted by Crippen LogP contribution is 2.12. The number of aryl methyl sites for hydroxylation is 1. The molecule has 0 atom stereocenters. The third-order valence-electron chi connectivity index (χ3n) is 5.21. The van der Waals surface area contributed by atoms with Crippen molar-refractivity contribution in [1.29, 1.82) is 0 Å². The summed E-state index contributed by atoms with van der Waals surface area (Å²) < 4.78 is 20.1. The lowest BCUT2D eigenvalue weighted by molar-refractivity contribution is 0.0954. The maximum atomic E-state index is 13.3. The Bertz CT molecular complexity index is 1350. The molecule has 0 spiro atoms. The minimum absolute atomic E-state index is 0.116. The van der Waals surface area contributed by atoms with Crippen molar-refractivity contribution in [2.45, 2.75) is 20.0 Å². The van der Waals surface area contributed by atoms with E-state index in [0.29, 0.717) is 23.4 Å². The van der Waals surface area contributed by atoms with E-state index in [-0.39, 0.29) is 29.8 Å². The zero-order valence-electron chi connectivity index (χ0n) is 18.7. The van der Waals surface area contributed by atoms with E-state index in [1.807, 2.05) is 25.1 Å². The van der Waals surface area contributed by atoms with Crippen LogP contribution in [0.3, 0.4) is 0 Å². The molecule has 0 aliphatic heterocycles. The fourth-order valence-electron chi connectivity index (χ4n) is 3.48. The second-order valence-corrected chi connectivity index (χ2v) is 7.88. The van der Waals surface area contributed by atoms with Crippen molar-refractivity contribution in [1.82, 2.24) is 15.1 Å². The normalized spacial score (nSPS) is 10.6. The molecule has 0 unspecified atom stereocenters. The number of halogens is 1. The van der Waals surface area contributed by atoms with Gasteiger partial charge in [-0.15, -0.1) is 5.10 Å². The van der Waals surface area contributed by atoms with Crippen molar-refractivity contribution >= 4 is 5.91 Å². The van der Waals surface area contributed by atoms with Crippen LogP contribution < -0.4 is 15.6 Å². The molecule has 34 heavy (non-hydrogen) atoms. The SMILES string of the molecule is Cc1cccc(CCNC(=O)c2ccc(-n3nc(OCc4cccc(F)c4)ccc3=O)cc2)c1. The Morgan fingerprint density at radius 1 is 0.971 bits per heavy atom. The van der Waals surface area contributed by atoms with Crippen molar-refractivity contribution in [3.8, 4) is 11.6 Å². The molecule has 0 aliphatic carbocycles. The molecule has 172 valence electrons. The second-order valence-electron chi connectivity index (χ2n) is 7.88. The van der Waals surface area contributed by atoms with Crippen LogP contribution in [0.15, 0.2) is 89.7 Å². The molecule has 0 fully saturated rings. The van der Waals surface area contributed by atoms with Crippen LogP contribution in [-0.2, 0) is 13.0 Å². The summed E-state index contributed by atoms with van der Waals surface area (Å²) in [5.74, 6) is -0.313. The Hall–Kier alpha value is -4.26. The molecule has 4 rings (SSSR count). The van der Waals surface area contributed by atoms with Gasteiger partial charge >= 0.3 is 0 Å². The Labute approximate surface area is 196 Å².